The number of nitrogens with zero attached hydrogens (tertiary/aromatic N) is 3. The molecule has 2 aromatic heterocycles. The molecule has 0 bridgehead atoms. The number of halogens is 1. The lowest BCUT2D eigenvalue weighted by Gasteiger charge is -2.10. The molecule has 0 aliphatic heterocycles. The van der Waals surface area contributed by atoms with Crippen LogP contribution in [0.4, 0.5) is 4.39 Å². The van der Waals surface area contributed by atoms with Crippen molar-refractivity contribution in [2.75, 3.05) is 0 Å². The monoisotopic (exact) mass is 251 g/mol. The molecule has 0 aliphatic carbocycles. The normalized spacial score (nSPS) is 11.8. The van der Waals surface area contributed by atoms with Crippen LogP contribution in [-0.2, 0) is 12.0 Å². The Morgan fingerprint density at radius 3 is 2.72 bits per heavy atom. The molecule has 5 nitrogen and oxygen atoms in total. The Balaban J connectivity index is 2.27. The third kappa shape index (κ3) is 2.64. The quantitative estimate of drug-likeness (QED) is 0.815. The zero-order valence-corrected chi connectivity index (χ0v) is 10.5. The summed E-state index contributed by atoms with van der Waals surface area (Å²) >= 11 is 0. The highest BCUT2D eigenvalue weighted by atomic mass is 19.1. The smallest absolute Gasteiger partial charge is 0.251 e. The van der Waals surface area contributed by atoms with Gasteiger partial charge in [0.2, 0.25) is 5.89 Å². The molecule has 0 fully saturated rings. The molecular weight excluding hydrogens is 237 g/mol. The summed E-state index contributed by atoms with van der Waals surface area (Å²) in [6.45, 7) is 5.92. The summed E-state index contributed by atoms with van der Waals surface area (Å²) in [6, 6.07) is 2.29. The van der Waals surface area contributed by atoms with Gasteiger partial charge in [-0.25, -0.2) is 4.39 Å². The Morgan fingerprint density at radius 2 is 2.11 bits per heavy atom. The maximum atomic E-state index is 13.0. The Hall–Kier alpha value is -1.98. The van der Waals surface area contributed by atoms with E-state index >= 15 is 0 Å². The van der Waals surface area contributed by atoms with E-state index in [9.17, 15) is 9.18 Å². The van der Waals surface area contributed by atoms with E-state index in [-0.39, 0.29) is 17.5 Å². The maximum Gasteiger partial charge on any atom is 0.251 e. The molecule has 0 atom stereocenters. The van der Waals surface area contributed by atoms with Crippen molar-refractivity contribution < 1.29 is 8.91 Å². The second kappa shape index (κ2) is 4.36. The van der Waals surface area contributed by atoms with Crippen molar-refractivity contribution in [1.82, 2.24) is 14.7 Å². The largest absolute Gasteiger partial charge is 0.339 e. The van der Waals surface area contributed by atoms with E-state index in [0.717, 1.165) is 12.3 Å². The minimum absolute atomic E-state index is 0.0934. The number of pyridine rings is 1. The highest BCUT2D eigenvalue weighted by Crippen LogP contribution is 2.19. The van der Waals surface area contributed by atoms with Crippen LogP contribution < -0.4 is 5.56 Å². The van der Waals surface area contributed by atoms with Crippen LogP contribution in [0.3, 0.4) is 0 Å². The lowest BCUT2D eigenvalue weighted by atomic mass is 9.97. The highest BCUT2D eigenvalue weighted by molar-refractivity contribution is 5.01. The fourth-order valence-electron chi connectivity index (χ4n) is 1.40. The van der Waals surface area contributed by atoms with Crippen LogP contribution in [0.15, 0.2) is 27.6 Å². The number of aromatic nitrogens is 3. The van der Waals surface area contributed by atoms with Gasteiger partial charge < -0.3 is 9.09 Å². The summed E-state index contributed by atoms with van der Waals surface area (Å²) in [6.07, 6.45) is 1.12. The van der Waals surface area contributed by atoms with Gasteiger partial charge in [-0.1, -0.05) is 25.9 Å². The lowest BCUT2D eigenvalue weighted by Crippen LogP contribution is -2.20. The van der Waals surface area contributed by atoms with Crippen LogP contribution in [0.25, 0.3) is 0 Å². The number of hydrogen-bond acceptors (Lipinski definition) is 4. The van der Waals surface area contributed by atoms with Gasteiger partial charge in [-0.05, 0) is 6.07 Å². The first-order valence-electron chi connectivity index (χ1n) is 5.55. The van der Waals surface area contributed by atoms with E-state index < -0.39 is 5.82 Å². The summed E-state index contributed by atoms with van der Waals surface area (Å²) in [7, 11) is 0. The highest BCUT2D eigenvalue weighted by Gasteiger charge is 2.21. The van der Waals surface area contributed by atoms with E-state index in [2.05, 4.69) is 10.1 Å². The molecule has 0 saturated carbocycles. The van der Waals surface area contributed by atoms with Gasteiger partial charge in [-0.3, -0.25) is 4.79 Å². The summed E-state index contributed by atoms with van der Waals surface area (Å²) in [5, 5.41) is 3.78. The molecule has 0 unspecified atom stereocenters. The molecule has 2 aromatic rings. The molecule has 96 valence electrons. The van der Waals surface area contributed by atoms with Crippen molar-refractivity contribution in [3.8, 4) is 0 Å². The van der Waals surface area contributed by atoms with Crippen LogP contribution in [0.5, 0.6) is 0 Å². The average molecular weight is 251 g/mol. The lowest BCUT2D eigenvalue weighted by molar-refractivity contribution is 0.318. The minimum Gasteiger partial charge on any atom is -0.339 e. The van der Waals surface area contributed by atoms with Crippen molar-refractivity contribution in [3.05, 3.63) is 46.2 Å². The second-order valence-corrected chi connectivity index (χ2v) is 5.08. The average Bonchev–Trinajstić information content (AvgIpc) is 2.71. The van der Waals surface area contributed by atoms with Gasteiger partial charge in [0.15, 0.2) is 5.82 Å². The van der Waals surface area contributed by atoms with Crippen molar-refractivity contribution >= 4 is 0 Å². The van der Waals surface area contributed by atoms with Gasteiger partial charge in [0.1, 0.15) is 5.82 Å². The molecule has 0 amide bonds. The van der Waals surface area contributed by atoms with E-state index in [0.29, 0.717) is 11.7 Å². The summed E-state index contributed by atoms with van der Waals surface area (Å²) in [5.74, 6) is 0.365. The van der Waals surface area contributed by atoms with Gasteiger partial charge in [0.05, 0.1) is 6.54 Å². The van der Waals surface area contributed by atoms with E-state index in [1.807, 2.05) is 20.8 Å². The SMILES string of the molecule is CC(C)(C)c1nc(Cn2cc(F)ccc2=O)no1. The molecule has 0 radical (unpaired) electrons. The van der Waals surface area contributed by atoms with Crippen molar-refractivity contribution in [3.63, 3.8) is 0 Å². The van der Waals surface area contributed by atoms with Crippen LogP contribution in [-0.4, -0.2) is 14.7 Å². The third-order valence-corrected chi connectivity index (χ3v) is 2.37. The van der Waals surface area contributed by atoms with Gasteiger partial charge in [-0.2, -0.15) is 4.98 Å². The van der Waals surface area contributed by atoms with E-state index in [1.165, 1.54) is 10.6 Å². The zero-order chi connectivity index (χ0) is 13.3. The van der Waals surface area contributed by atoms with E-state index in [1.54, 1.807) is 0 Å². The first-order valence-corrected chi connectivity index (χ1v) is 5.55. The van der Waals surface area contributed by atoms with Gasteiger partial charge >= 0.3 is 0 Å². The molecule has 2 heterocycles. The van der Waals surface area contributed by atoms with Crippen molar-refractivity contribution in [2.24, 2.45) is 0 Å². The summed E-state index contributed by atoms with van der Waals surface area (Å²) in [5.41, 5.74) is -0.559. The van der Waals surface area contributed by atoms with E-state index in [4.69, 9.17) is 4.52 Å². The topological polar surface area (TPSA) is 60.9 Å². The van der Waals surface area contributed by atoms with Gasteiger partial charge in [-0.15, -0.1) is 0 Å². The van der Waals surface area contributed by atoms with Crippen molar-refractivity contribution in [1.29, 1.82) is 0 Å². The van der Waals surface area contributed by atoms with Crippen LogP contribution >= 0.6 is 0 Å². The molecule has 0 saturated heterocycles. The molecule has 18 heavy (non-hydrogen) atoms. The molecule has 2 rings (SSSR count). The molecule has 0 N–H and O–H groups in total. The summed E-state index contributed by atoms with van der Waals surface area (Å²) < 4.78 is 19.3. The number of hydrogen-bond donors (Lipinski definition) is 0. The molecular formula is C12H14FN3O2. The van der Waals surface area contributed by atoms with Crippen LogP contribution in [0, 0.1) is 5.82 Å². The predicted molar refractivity (Wildman–Crippen MR) is 62.8 cm³/mol. The van der Waals surface area contributed by atoms with Gasteiger partial charge in [0.25, 0.3) is 5.56 Å². The van der Waals surface area contributed by atoms with Gasteiger partial charge in [0, 0.05) is 17.7 Å². The third-order valence-electron chi connectivity index (χ3n) is 2.37. The minimum atomic E-state index is -0.478. The Kier molecular flexibility index (Phi) is 3.02. The fraction of sp³-hybridized carbons (Fsp3) is 0.417. The fourth-order valence-corrected chi connectivity index (χ4v) is 1.40. The van der Waals surface area contributed by atoms with Crippen LogP contribution in [0.2, 0.25) is 0 Å². The Labute approximate surface area is 103 Å². The zero-order valence-electron chi connectivity index (χ0n) is 10.5. The Bertz CT molecular complexity index is 610. The molecule has 0 aromatic carbocycles. The predicted octanol–water partition coefficient (Wildman–Crippen LogP) is 1.72. The first kappa shape index (κ1) is 12.5. The maximum absolute atomic E-state index is 13.0. The molecule has 0 aliphatic rings. The summed E-state index contributed by atoms with van der Waals surface area (Å²) in [4.78, 5) is 15.7. The molecule has 0 spiro atoms. The Morgan fingerprint density at radius 1 is 1.39 bits per heavy atom. The number of rotatable bonds is 2. The first-order chi connectivity index (χ1) is 8.36. The molecule has 6 heteroatoms. The van der Waals surface area contributed by atoms with Crippen molar-refractivity contribution in [2.45, 2.75) is 32.7 Å². The van der Waals surface area contributed by atoms with Crippen LogP contribution in [0.1, 0.15) is 32.5 Å². The second-order valence-electron chi connectivity index (χ2n) is 5.08. The standard InChI is InChI=1S/C12H14FN3O2/c1-12(2,3)11-14-9(15-18-11)7-16-6-8(13)4-5-10(16)17/h4-6H,7H2,1-3H3.